The summed E-state index contributed by atoms with van der Waals surface area (Å²) >= 11 is 0. The fraction of sp³-hybridized carbons (Fsp3) is 1.00. The molecule has 0 aliphatic carbocycles. The Morgan fingerprint density at radius 2 is 1.17 bits per heavy atom. The molecule has 0 rings (SSSR count). The van der Waals surface area contributed by atoms with E-state index in [9.17, 15) is 0 Å². The highest BCUT2D eigenvalue weighted by atomic mass is 16.7. The fourth-order valence-electron chi connectivity index (χ4n) is 0. The van der Waals surface area contributed by atoms with Crippen LogP contribution in [0, 0.1) is 0 Å². The maximum atomic E-state index is 7.63. The van der Waals surface area contributed by atoms with Gasteiger partial charge in [0.1, 0.15) is 6.29 Å². The number of aliphatic hydroxyl groups excluding tert-OH is 2. The van der Waals surface area contributed by atoms with Gasteiger partial charge in [0.05, 0.1) is 0 Å². The molecule has 0 aliphatic heterocycles. The van der Waals surface area contributed by atoms with E-state index in [1.165, 1.54) is 6.92 Å². The van der Waals surface area contributed by atoms with Gasteiger partial charge in [0.25, 0.3) is 5.97 Å². The summed E-state index contributed by atoms with van der Waals surface area (Å²) in [6, 6.07) is 0. The topological polar surface area (TPSA) is 121 Å². The number of aliphatic hydroxyl groups is 6. The van der Waals surface area contributed by atoms with Crippen molar-refractivity contribution in [2.45, 2.75) is 33.0 Å². The van der Waals surface area contributed by atoms with Crippen LogP contribution in [0.5, 0.6) is 0 Å². The first-order chi connectivity index (χ1) is 5.15. The van der Waals surface area contributed by atoms with Crippen molar-refractivity contribution in [1.29, 1.82) is 0 Å². The van der Waals surface area contributed by atoms with Crippen molar-refractivity contribution < 1.29 is 30.6 Å². The quantitative estimate of drug-likeness (QED) is 0.242. The molecule has 78 valence electrons. The molecule has 0 atom stereocenters. The molecule has 0 amide bonds. The minimum absolute atomic E-state index is 0.250. The lowest BCUT2D eigenvalue weighted by Gasteiger charge is -2.01. The Morgan fingerprint density at radius 3 is 1.17 bits per heavy atom. The van der Waals surface area contributed by atoms with Crippen LogP contribution in [0.2, 0.25) is 0 Å². The van der Waals surface area contributed by atoms with E-state index < -0.39 is 12.3 Å². The van der Waals surface area contributed by atoms with Crippen LogP contribution in [0.4, 0.5) is 0 Å². The minimum atomic E-state index is -2.50. The average molecular weight is 186 g/mol. The van der Waals surface area contributed by atoms with Gasteiger partial charge in [-0.15, -0.1) is 0 Å². The van der Waals surface area contributed by atoms with Crippen molar-refractivity contribution in [1.82, 2.24) is 0 Å². The van der Waals surface area contributed by atoms with Crippen molar-refractivity contribution in [2.75, 3.05) is 6.61 Å². The zero-order valence-corrected chi connectivity index (χ0v) is 7.47. The Labute approximate surface area is 71.3 Å². The van der Waals surface area contributed by atoms with Crippen LogP contribution in [-0.2, 0) is 0 Å². The summed E-state index contributed by atoms with van der Waals surface area (Å²) in [6.45, 7) is 4.06. The molecular weight excluding hydrogens is 168 g/mol. The zero-order chi connectivity index (χ0) is 10.8. The molecular formula is C6H18O6. The van der Waals surface area contributed by atoms with Crippen LogP contribution in [-0.4, -0.2) is 49.5 Å². The van der Waals surface area contributed by atoms with E-state index in [4.69, 9.17) is 30.6 Å². The van der Waals surface area contributed by atoms with Gasteiger partial charge in [0, 0.05) is 13.5 Å². The maximum Gasteiger partial charge on any atom is 0.272 e. The van der Waals surface area contributed by atoms with Gasteiger partial charge in [-0.2, -0.15) is 0 Å². The molecule has 0 aliphatic rings. The smallest absolute Gasteiger partial charge is 0.272 e. The van der Waals surface area contributed by atoms with Gasteiger partial charge in [0.2, 0.25) is 0 Å². The monoisotopic (exact) mass is 186 g/mol. The highest BCUT2D eigenvalue weighted by Gasteiger charge is 2.03. The van der Waals surface area contributed by atoms with Gasteiger partial charge < -0.3 is 30.6 Å². The molecule has 0 saturated heterocycles. The van der Waals surface area contributed by atoms with E-state index >= 15 is 0 Å². The molecule has 0 bridgehead atoms. The third-order valence-corrected chi connectivity index (χ3v) is 0. The summed E-state index contributed by atoms with van der Waals surface area (Å²) in [5.74, 6) is -2.50. The van der Waals surface area contributed by atoms with Crippen LogP contribution < -0.4 is 0 Å². The molecule has 0 heterocycles. The van der Waals surface area contributed by atoms with Gasteiger partial charge in [-0.05, 0) is 13.8 Å². The maximum absolute atomic E-state index is 7.63. The molecule has 6 nitrogen and oxygen atoms in total. The molecule has 0 aromatic heterocycles. The molecule has 0 aromatic rings. The molecule has 0 fully saturated rings. The first-order valence-electron chi connectivity index (χ1n) is 3.29. The van der Waals surface area contributed by atoms with E-state index in [2.05, 4.69) is 0 Å². The zero-order valence-electron chi connectivity index (χ0n) is 7.47. The van der Waals surface area contributed by atoms with Gasteiger partial charge in [-0.3, -0.25) is 0 Å². The molecule has 0 radical (unpaired) electrons. The summed E-state index contributed by atoms with van der Waals surface area (Å²) in [7, 11) is 0. The van der Waals surface area contributed by atoms with Crippen LogP contribution in [0.15, 0.2) is 0 Å². The molecule has 6 N–H and O–H groups in total. The average Bonchev–Trinajstić information content (AvgIpc) is 1.56. The van der Waals surface area contributed by atoms with Crippen LogP contribution in [0.3, 0.4) is 0 Å². The molecule has 0 unspecified atom stereocenters. The SMILES string of the molecule is CC(O)(O)O.CC(O)O.CCO. The summed E-state index contributed by atoms with van der Waals surface area (Å²) in [5, 5.41) is 45.7. The third kappa shape index (κ3) is 13000. The second kappa shape index (κ2) is 10.8. The van der Waals surface area contributed by atoms with Crippen molar-refractivity contribution >= 4 is 0 Å². The molecule has 12 heavy (non-hydrogen) atoms. The predicted molar refractivity (Wildman–Crippen MR) is 41.7 cm³/mol. The molecule has 0 aromatic carbocycles. The standard InChI is InChI=1S/C2H6O3.C2H6O2.C2H6O/c1-2(3,4)5;1-2(3)4;1-2-3/h3-5H,1H3;2-4H,1H3;3H,2H2,1H3. The van der Waals surface area contributed by atoms with Crippen LogP contribution >= 0.6 is 0 Å². The lowest BCUT2D eigenvalue weighted by atomic mass is 10.7. The first-order valence-corrected chi connectivity index (χ1v) is 3.29. The second-order valence-electron chi connectivity index (χ2n) is 1.92. The molecule has 6 heteroatoms. The van der Waals surface area contributed by atoms with Gasteiger partial charge in [0.15, 0.2) is 0 Å². The fourth-order valence-corrected chi connectivity index (χ4v) is 0. The predicted octanol–water partition coefficient (Wildman–Crippen LogP) is -2.05. The Hall–Kier alpha value is -0.240. The van der Waals surface area contributed by atoms with E-state index in [0.717, 1.165) is 6.92 Å². The van der Waals surface area contributed by atoms with Crippen molar-refractivity contribution in [3.05, 3.63) is 0 Å². The normalized spacial score (nSPS) is 9.50. The Balaban J connectivity index is -0.000000105. The largest absolute Gasteiger partial charge is 0.397 e. The van der Waals surface area contributed by atoms with Gasteiger partial charge in [-0.1, -0.05) is 0 Å². The Bertz CT molecular complexity index is 58.2. The summed E-state index contributed by atoms with van der Waals surface area (Å²) in [5.41, 5.74) is 0. The van der Waals surface area contributed by atoms with Crippen molar-refractivity contribution in [3.8, 4) is 0 Å². The first kappa shape index (κ1) is 17.7. The highest BCUT2D eigenvalue weighted by molar-refractivity contribution is 4.21. The minimum Gasteiger partial charge on any atom is -0.397 e. The molecule has 0 spiro atoms. The Kier molecular flexibility index (Phi) is 15.9. The number of rotatable bonds is 0. The van der Waals surface area contributed by atoms with Gasteiger partial charge in [-0.25, -0.2) is 0 Å². The summed E-state index contributed by atoms with van der Waals surface area (Å²) in [4.78, 5) is 0. The second-order valence-corrected chi connectivity index (χ2v) is 1.92. The van der Waals surface area contributed by atoms with E-state index in [0.29, 0.717) is 0 Å². The highest BCUT2D eigenvalue weighted by Crippen LogP contribution is 1.82. The lowest BCUT2D eigenvalue weighted by molar-refractivity contribution is -0.297. The third-order valence-electron chi connectivity index (χ3n) is 0. The molecule has 0 saturated carbocycles. The Morgan fingerprint density at radius 1 is 1.17 bits per heavy atom. The van der Waals surface area contributed by atoms with E-state index in [1.807, 2.05) is 0 Å². The summed E-state index contributed by atoms with van der Waals surface area (Å²) in [6.07, 6.45) is -1.17. The lowest BCUT2D eigenvalue weighted by Crippen LogP contribution is -2.20. The van der Waals surface area contributed by atoms with E-state index in [-0.39, 0.29) is 6.61 Å². The van der Waals surface area contributed by atoms with Crippen molar-refractivity contribution in [3.63, 3.8) is 0 Å². The van der Waals surface area contributed by atoms with Crippen molar-refractivity contribution in [2.24, 2.45) is 0 Å². The number of hydrogen-bond acceptors (Lipinski definition) is 6. The summed E-state index contributed by atoms with van der Waals surface area (Å²) < 4.78 is 0. The van der Waals surface area contributed by atoms with Crippen LogP contribution in [0.25, 0.3) is 0 Å². The van der Waals surface area contributed by atoms with E-state index in [1.54, 1.807) is 6.92 Å². The number of hydrogen-bond donors (Lipinski definition) is 6. The van der Waals surface area contributed by atoms with Crippen LogP contribution in [0.1, 0.15) is 20.8 Å². The van der Waals surface area contributed by atoms with Gasteiger partial charge >= 0.3 is 0 Å².